The molecule has 2 heterocycles. The number of benzene rings is 2. The molecule has 0 bridgehead atoms. The van der Waals surface area contributed by atoms with Crippen molar-refractivity contribution in [2.45, 2.75) is 15.2 Å². The van der Waals surface area contributed by atoms with E-state index in [9.17, 15) is 4.79 Å². The predicted octanol–water partition coefficient (Wildman–Crippen LogP) is 4.35. The molecule has 1 amide bonds. The molecule has 0 saturated heterocycles. The molecule has 0 fully saturated rings. The van der Waals surface area contributed by atoms with Crippen LogP contribution in [0.25, 0.3) is 15.9 Å². The van der Waals surface area contributed by atoms with Crippen molar-refractivity contribution in [3.8, 4) is 5.69 Å². The van der Waals surface area contributed by atoms with Crippen molar-refractivity contribution in [2.75, 3.05) is 19.8 Å². The zero-order valence-electron chi connectivity index (χ0n) is 16.0. The van der Waals surface area contributed by atoms with Crippen LogP contribution in [0.4, 0.5) is 0 Å². The molecule has 29 heavy (non-hydrogen) atoms. The Balaban J connectivity index is 1.57. The first-order valence-corrected chi connectivity index (χ1v) is 11.7. The van der Waals surface area contributed by atoms with Crippen molar-refractivity contribution in [1.29, 1.82) is 0 Å². The SMILES string of the molecule is CN(C)C(=O)CSc1nnc(CSc2nc3ccccc3s2)n1-c1ccccc1. The number of rotatable bonds is 7. The highest BCUT2D eigenvalue weighted by Gasteiger charge is 2.17. The number of nitrogens with zero attached hydrogens (tertiary/aromatic N) is 5. The molecule has 0 N–H and O–H groups in total. The first-order chi connectivity index (χ1) is 14.1. The molecular weight excluding hydrogens is 422 g/mol. The maximum Gasteiger partial charge on any atom is 0.232 e. The molecular formula is C20H19N5OS3. The van der Waals surface area contributed by atoms with Crippen molar-refractivity contribution in [3.63, 3.8) is 0 Å². The highest BCUT2D eigenvalue weighted by atomic mass is 32.2. The van der Waals surface area contributed by atoms with Crippen LogP contribution in [0.1, 0.15) is 5.82 Å². The summed E-state index contributed by atoms with van der Waals surface area (Å²) in [6, 6.07) is 18.1. The van der Waals surface area contributed by atoms with Crippen LogP contribution in [0.15, 0.2) is 64.1 Å². The van der Waals surface area contributed by atoms with Crippen LogP contribution in [0.3, 0.4) is 0 Å². The van der Waals surface area contributed by atoms with Crippen LogP contribution in [-0.4, -0.2) is 50.4 Å². The van der Waals surface area contributed by atoms with E-state index in [1.165, 1.54) is 16.5 Å². The number of thiazole rings is 1. The normalized spacial score (nSPS) is 11.1. The lowest BCUT2D eigenvalue weighted by Crippen LogP contribution is -2.23. The van der Waals surface area contributed by atoms with E-state index in [4.69, 9.17) is 0 Å². The fourth-order valence-electron chi connectivity index (χ4n) is 2.62. The topological polar surface area (TPSA) is 63.9 Å². The van der Waals surface area contributed by atoms with Crippen molar-refractivity contribution in [2.24, 2.45) is 0 Å². The zero-order valence-corrected chi connectivity index (χ0v) is 18.4. The Morgan fingerprint density at radius 3 is 2.55 bits per heavy atom. The smallest absolute Gasteiger partial charge is 0.232 e. The second-order valence-corrected chi connectivity index (χ2v) is 9.58. The summed E-state index contributed by atoms with van der Waals surface area (Å²) in [5, 5.41) is 9.48. The fraction of sp³-hybridized carbons (Fsp3) is 0.200. The second-order valence-electron chi connectivity index (χ2n) is 6.38. The third kappa shape index (κ3) is 4.63. The van der Waals surface area contributed by atoms with Crippen molar-refractivity contribution >= 4 is 51.0 Å². The van der Waals surface area contributed by atoms with Gasteiger partial charge in [0.05, 0.1) is 21.7 Å². The molecule has 2 aromatic carbocycles. The van der Waals surface area contributed by atoms with E-state index in [1.54, 1.807) is 42.1 Å². The van der Waals surface area contributed by atoms with Gasteiger partial charge in [-0.15, -0.1) is 21.5 Å². The number of para-hydroxylation sites is 2. The Hall–Kier alpha value is -2.36. The minimum Gasteiger partial charge on any atom is -0.348 e. The summed E-state index contributed by atoms with van der Waals surface area (Å²) >= 11 is 4.73. The van der Waals surface area contributed by atoms with Gasteiger partial charge in [-0.25, -0.2) is 4.98 Å². The summed E-state index contributed by atoms with van der Waals surface area (Å²) in [5.41, 5.74) is 2.00. The molecule has 6 nitrogen and oxygen atoms in total. The van der Waals surface area contributed by atoms with Crippen molar-refractivity contribution < 1.29 is 4.79 Å². The van der Waals surface area contributed by atoms with E-state index in [0.29, 0.717) is 16.7 Å². The number of carbonyl (C=O) groups excluding carboxylic acids is 1. The highest BCUT2D eigenvalue weighted by molar-refractivity contribution is 8.00. The number of hydrogen-bond donors (Lipinski definition) is 0. The van der Waals surface area contributed by atoms with Gasteiger partial charge in [0, 0.05) is 19.8 Å². The summed E-state index contributed by atoms with van der Waals surface area (Å²) in [5.74, 6) is 1.84. The van der Waals surface area contributed by atoms with Gasteiger partial charge in [0.1, 0.15) is 5.82 Å². The molecule has 0 radical (unpaired) electrons. The van der Waals surface area contributed by atoms with Gasteiger partial charge in [0.25, 0.3) is 0 Å². The number of carbonyl (C=O) groups is 1. The lowest BCUT2D eigenvalue weighted by Gasteiger charge is -2.11. The number of amides is 1. The van der Waals surface area contributed by atoms with E-state index in [0.717, 1.165) is 21.4 Å². The molecule has 0 aliphatic carbocycles. The Morgan fingerprint density at radius 2 is 1.79 bits per heavy atom. The molecule has 0 unspecified atom stereocenters. The summed E-state index contributed by atoms with van der Waals surface area (Å²) in [6.45, 7) is 0. The predicted molar refractivity (Wildman–Crippen MR) is 120 cm³/mol. The van der Waals surface area contributed by atoms with Crippen LogP contribution in [0.2, 0.25) is 0 Å². The molecule has 2 aromatic heterocycles. The largest absolute Gasteiger partial charge is 0.348 e. The van der Waals surface area contributed by atoms with Crippen molar-refractivity contribution in [1.82, 2.24) is 24.6 Å². The van der Waals surface area contributed by atoms with E-state index in [2.05, 4.69) is 21.2 Å². The van der Waals surface area contributed by atoms with Gasteiger partial charge in [0.15, 0.2) is 9.50 Å². The summed E-state index contributed by atoms with van der Waals surface area (Å²) in [6.07, 6.45) is 0. The highest BCUT2D eigenvalue weighted by Crippen LogP contribution is 2.32. The van der Waals surface area contributed by atoms with Crippen LogP contribution in [0.5, 0.6) is 0 Å². The number of hydrogen-bond acceptors (Lipinski definition) is 7. The van der Waals surface area contributed by atoms with Gasteiger partial charge < -0.3 is 4.90 Å². The molecule has 4 rings (SSSR count). The molecule has 0 aliphatic rings. The summed E-state index contributed by atoms with van der Waals surface area (Å²) in [4.78, 5) is 18.3. The van der Waals surface area contributed by atoms with E-state index in [1.807, 2.05) is 53.1 Å². The summed E-state index contributed by atoms with van der Waals surface area (Å²) in [7, 11) is 3.51. The minimum absolute atomic E-state index is 0.0445. The van der Waals surface area contributed by atoms with Gasteiger partial charge >= 0.3 is 0 Å². The third-order valence-corrected chi connectivity index (χ3v) is 7.23. The maximum atomic E-state index is 12.0. The van der Waals surface area contributed by atoms with Crippen LogP contribution in [-0.2, 0) is 10.5 Å². The molecule has 0 aliphatic heterocycles. The van der Waals surface area contributed by atoms with E-state index < -0.39 is 0 Å². The maximum absolute atomic E-state index is 12.0. The lowest BCUT2D eigenvalue weighted by molar-refractivity contribution is -0.125. The van der Waals surface area contributed by atoms with E-state index in [-0.39, 0.29) is 5.91 Å². The van der Waals surface area contributed by atoms with Gasteiger partial charge in [0.2, 0.25) is 5.91 Å². The molecule has 9 heteroatoms. The second kappa shape index (κ2) is 8.98. The van der Waals surface area contributed by atoms with E-state index >= 15 is 0 Å². The number of fused-ring (bicyclic) bond motifs is 1. The first-order valence-electron chi connectivity index (χ1n) is 8.93. The zero-order chi connectivity index (χ0) is 20.2. The standard InChI is InChI=1S/C20H19N5OS3/c1-24(2)18(26)13-27-19-23-22-17(25(19)14-8-4-3-5-9-14)12-28-20-21-15-10-6-7-11-16(15)29-20/h3-11H,12-13H2,1-2H3. The molecule has 0 atom stereocenters. The Bertz CT molecular complexity index is 1090. The minimum atomic E-state index is 0.0445. The van der Waals surface area contributed by atoms with Gasteiger partial charge in [-0.1, -0.05) is 53.9 Å². The average Bonchev–Trinajstić information content (AvgIpc) is 3.34. The van der Waals surface area contributed by atoms with Crippen LogP contribution in [0, 0.1) is 0 Å². The van der Waals surface area contributed by atoms with Crippen LogP contribution < -0.4 is 0 Å². The molecule has 0 spiro atoms. The molecule has 148 valence electrons. The quantitative estimate of drug-likeness (QED) is 0.397. The van der Waals surface area contributed by atoms with Gasteiger partial charge in [-0.2, -0.15) is 0 Å². The molecule has 4 aromatic rings. The van der Waals surface area contributed by atoms with Crippen molar-refractivity contribution in [3.05, 3.63) is 60.4 Å². The monoisotopic (exact) mass is 441 g/mol. The molecule has 0 saturated carbocycles. The third-order valence-electron chi connectivity index (χ3n) is 4.14. The van der Waals surface area contributed by atoms with Crippen LogP contribution >= 0.6 is 34.9 Å². The Morgan fingerprint density at radius 1 is 1.03 bits per heavy atom. The number of thioether (sulfide) groups is 2. The summed E-state index contributed by atoms with van der Waals surface area (Å²) < 4.78 is 4.21. The number of aromatic nitrogens is 4. The average molecular weight is 442 g/mol. The van der Waals surface area contributed by atoms with Gasteiger partial charge in [-0.3, -0.25) is 9.36 Å². The van der Waals surface area contributed by atoms with Gasteiger partial charge in [-0.05, 0) is 24.3 Å². The fourth-order valence-corrected chi connectivity index (χ4v) is 5.55. The first kappa shape index (κ1) is 19.9. The Labute approximate surface area is 181 Å². The lowest BCUT2D eigenvalue weighted by atomic mass is 10.3. The Kier molecular flexibility index (Phi) is 6.17.